The second-order valence-corrected chi connectivity index (χ2v) is 2.40. The van der Waals surface area contributed by atoms with E-state index in [1.807, 2.05) is 0 Å². The Balaban J connectivity index is 2.76. The van der Waals surface area contributed by atoms with E-state index >= 15 is 0 Å². The third kappa shape index (κ3) is 0.271. The van der Waals surface area contributed by atoms with E-state index in [9.17, 15) is 0 Å². The maximum atomic E-state index is 2.20. The van der Waals surface area contributed by atoms with Gasteiger partial charge < -0.3 is 4.57 Å². The fraction of sp³-hybridized carbons (Fsp3) is 0. The SMILES string of the molecule is c1cc2c3c(c1)ccn3-2. The number of nitrogens with zero attached hydrogens (tertiary/aromatic N) is 1. The summed E-state index contributed by atoms with van der Waals surface area (Å²) >= 11 is 0. The second-order valence-electron chi connectivity index (χ2n) is 2.40. The summed E-state index contributed by atoms with van der Waals surface area (Å²) in [7, 11) is 0. The molecule has 2 aromatic rings. The van der Waals surface area contributed by atoms with Gasteiger partial charge >= 0.3 is 0 Å². The van der Waals surface area contributed by atoms with Gasteiger partial charge in [-0.3, -0.25) is 0 Å². The lowest BCUT2D eigenvalue weighted by Crippen LogP contribution is -1.63. The van der Waals surface area contributed by atoms with Crippen LogP contribution >= 0.6 is 0 Å². The third-order valence-electron chi connectivity index (χ3n) is 1.90. The van der Waals surface area contributed by atoms with Crippen LogP contribution in [0.5, 0.6) is 0 Å². The van der Waals surface area contributed by atoms with Crippen LogP contribution in [0.4, 0.5) is 0 Å². The van der Waals surface area contributed by atoms with E-state index < -0.39 is 0 Å². The fourth-order valence-corrected chi connectivity index (χ4v) is 1.40. The summed E-state index contributed by atoms with van der Waals surface area (Å²) in [4.78, 5) is 0. The summed E-state index contributed by atoms with van der Waals surface area (Å²) in [6.45, 7) is 0. The molecule has 1 aromatic carbocycles. The Kier molecular flexibility index (Phi) is 0.374. The molecular weight excluding hydrogens is 110 g/mol. The lowest BCUT2D eigenvalue weighted by atomic mass is 10.3. The average Bonchev–Trinajstić information content (AvgIpc) is 2.35. The molecule has 0 fully saturated rings. The standard InChI is InChI=1S/C8H5N/c1-2-6-4-5-9-7(3-1)8(6)9/h1-5H. The zero-order valence-corrected chi connectivity index (χ0v) is 4.83. The minimum Gasteiger partial charge on any atom is -0.313 e. The summed E-state index contributed by atoms with van der Waals surface area (Å²) in [5.41, 5.74) is 2.80. The number of fused-ring (bicyclic) bond motifs is 1. The Morgan fingerprint density at radius 2 is 2.11 bits per heavy atom. The molecule has 0 unspecified atom stereocenters. The molecule has 0 amide bonds. The molecule has 1 nitrogen and oxygen atoms in total. The first-order valence-electron chi connectivity index (χ1n) is 3.07. The van der Waals surface area contributed by atoms with Gasteiger partial charge in [-0.1, -0.05) is 12.1 Å². The molecule has 1 aromatic heterocycles. The van der Waals surface area contributed by atoms with Gasteiger partial charge in [-0.15, -0.1) is 0 Å². The molecular formula is C8H5N. The highest BCUT2D eigenvalue weighted by Gasteiger charge is 2.18. The molecule has 1 heteroatoms. The fourth-order valence-electron chi connectivity index (χ4n) is 1.40. The second kappa shape index (κ2) is 0.903. The molecule has 0 atom stereocenters. The molecule has 3 rings (SSSR count). The van der Waals surface area contributed by atoms with Crippen LogP contribution in [0.15, 0.2) is 30.5 Å². The largest absolute Gasteiger partial charge is 0.313 e. The molecule has 42 valence electrons. The predicted octanol–water partition coefficient (Wildman–Crippen LogP) is 1.94. The number of rotatable bonds is 0. The van der Waals surface area contributed by atoms with E-state index in [0.717, 1.165) is 0 Å². The van der Waals surface area contributed by atoms with Crippen LogP contribution in [0.2, 0.25) is 0 Å². The number of aromatic nitrogens is 1. The van der Waals surface area contributed by atoms with E-state index in [1.54, 1.807) is 0 Å². The summed E-state index contributed by atoms with van der Waals surface area (Å²) in [6, 6.07) is 8.52. The van der Waals surface area contributed by atoms with Crippen molar-refractivity contribution in [1.29, 1.82) is 0 Å². The first-order valence-corrected chi connectivity index (χ1v) is 3.07. The molecule has 1 aliphatic rings. The van der Waals surface area contributed by atoms with Crippen molar-refractivity contribution in [2.24, 2.45) is 0 Å². The highest BCUT2D eigenvalue weighted by Crippen LogP contribution is 2.36. The van der Waals surface area contributed by atoms with Crippen molar-refractivity contribution in [2.75, 3.05) is 0 Å². The van der Waals surface area contributed by atoms with Crippen LogP contribution in [-0.2, 0) is 0 Å². The molecule has 0 aliphatic carbocycles. The first kappa shape index (κ1) is 3.72. The molecule has 0 saturated heterocycles. The van der Waals surface area contributed by atoms with Crippen molar-refractivity contribution < 1.29 is 0 Å². The number of hydrogen-bond donors (Lipinski definition) is 0. The quantitative estimate of drug-likeness (QED) is 0.422. The Morgan fingerprint density at radius 3 is 2.89 bits per heavy atom. The van der Waals surface area contributed by atoms with Gasteiger partial charge in [0.25, 0.3) is 0 Å². The molecule has 9 heavy (non-hydrogen) atoms. The van der Waals surface area contributed by atoms with Gasteiger partial charge in [0, 0.05) is 11.6 Å². The van der Waals surface area contributed by atoms with Crippen molar-refractivity contribution in [3.63, 3.8) is 0 Å². The highest BCUT2D eigenvalue weighted by atomic mass is 15.1. The number of para-hydroxylation sites is 1. The van der Waals surface area contributed by atoms with Gasteiger partial charge in [-0.2, -0.15) is 0 Å². The molecule has 0 radical (unpaired) electrons. The van der Waals surface area contributed by atoms with Gasteiger partial charge in [0.1, 0.15) is 0 Å². The molecule has 0 spiro atoms. The monoisotopic (exact) mass is 115 g/mol. The summed E-state index contributed by atoms with van der Waals surface area (Å²) in [5, 5.41) is 1.37. The van der Waals surface area contributed by atoms with Gasteiger partial charge in [0.15, 0.2) is 0 Å². The number of benzene rings is 1. The minimum atomic E-state index is 1.37. The first-order chi connectivity index (χ1) is 4.47. The minimum absolute atomic E-state index is 1.37. The van der Waals surface area contributed by atoms with E-state index in [4.69, 9.17) is 0 Å². The zero-order valence-electron chi connectivity index (χ0n) is 4.83. The van der Waals surface area contributed by atoms with Crippen molar-refractivity contribution >= 4 is 10.9 Å². The Hall–Kier alpha value is -1.24. The summed E-state index contributed by atoms with van der Waals surface area (Å²) < 4.78 is 2.20. The third-order valence-corrected chi connectivity index (χ3v) is 1.90. The van der Waals surface area contributed by atoms with Crippen molar-refractivity contribution in [3.05, 3.63) is 30.5 Å². The Bertz CT molecular complexity index is 384. The van der Waals surface area contributed by atoms with Crippen LogP contribution < -0.4 is 0 Å². The van der Waals surface area contributed by atoms with Crippen LogP contribution in [0, 0.1) is 0 Å². The van der Waals surface area contributed by atoms with E-state index in [1.165, 1.54) is 16.6 Å². The smallest absolute Gasteiger partial charge is 0.0771 e. The van der Waals surface area contributed by atoms with Crippen LogP contribution in [-0.4, -0.2) is 4.57 Å². The number of hydrogen-bond acceptors (Lipinski definition) is 0. The maximum absolute atomic E-state index is 2.20. The van der Waals surface area contributed by atoms with Crippen LogP contribution in [0.25, 0.3) is 16.6 Å². The summed E-state index contributed by atoms with van der Waals surface area (Å²) in [6.07, 6.45) is 2.11. The van der Waals surface area contributed by atoms with Gasteiger partial charge in [-0.25, -0.2) is 0 Å². The number of pyridine rings is 1. The van der Waals surface area contributed by atoms with Crippen molar-refractivity contribution in [3.8, 4) is 5.69 Å². The van der Waals surface area contributed by atoms with Crippen LogP contribution in [0.1, 0.15) is 0 Å². The lowest BCUT2D eigenvalue weighted by molar-refractivity contribution is 1.29. The molecule has 0 N–H and O–H groups in total. The molecule has 0 saturated carbocycles. The van der Waals surface area contributed by atoms with E-state index in [2.05, 4.69) is 35.0 Å². The summed E-state index contributed by atoms with van der Waals surface area (Å²) in [5.74, 6) is 0. The highest BCUT2D eigenvalue weighted by molar-refractivity contribution is 5.99. The average molecular weight is 115 g/mol. The molecule has 0 bridgehead atoms. The normalized spacial score (nSPS) is 12.4. The van der Waals surface area contributed by atoms with Crippen LogP contribution in [0.3, 0.4) is 0 Å². The molecule has 1 aliphatic heterocycles. The maximum Gasteiger partial charge on any atom is 0.0771 e. The van der Waals surface area contributed by atoms with Gasteiger partial charge in [0.05, 0.1) is 11.2 Å². The Labute approximate surface area is 52.5 Å². The lowest BCUT2D eigenvalue weighted by Gasteiger charge is -1.79. The van der Waals surface area contributed by atoms with Gasteiger partial charge in [0.2, 0.25) is 0 Å². The van der Waals surface area contributed by atoms with E-state index in [0.29, 0.717) is 0 Å². The zero-order chi connectivity index (χ0) is 5.84. The topological polar surface area (TPSA) is 4.93 Å². The van der Waals surface area contributed by atoms with E-state index in [-0.39, 0.29) is 0 Å². The van der Waals surface area contributed by atoms with Gasteiger partial charge in [-0.05, 0) is 12.1 Å². The Morgan fingerprint density at radius 1 is 1.11 bits per heavy atom. The molecule has 2 heterocycles. The van der Waals surface area contributed by atoms with Crippen molar-refractivity contribution in [2.45, 2.75) is 0 Å². The van der Waals surface area contributed by atoms with Crippen molar-refractivity contribution in [1.82, 2.24) is 4.57 Å². The predicted molar refractivity (Wildman–Crippen MR) is 36.8 cm³/mol.